The summed E-state index contributed by atoms with van der Waals surface area (Å²) < 4.78 is 11.7. The molecule has 0 radical (unpaired) electrons. The first kappa shape index (κ1) is 19.4. The molecule has 0 unspecified atom stereocenters. The van der Waals surface area contributed by atoms with Crippen LogP contribution >= 0.6 is 0 Å². The summed E-state index contributed by atoms with van der Waals surface area (Å²) in [5.74, 6) is -1.46. The predicted octanol–water partition coefficient (Wildman–Crippen LogP) is 2.75. The zero-order chi connectivity index (χ0) is 12.7. The quantitative estimate of drug-likeness (QED) is 0.717. The first-order valence-corrected chi connectivity index (χ1v) is 4.69. The lowest BCUT2D eigenvalue weighted by Crippen LogP contribution is -1.89. The molecule has 0 aliphatic carbocycles. The van der Waals surface area contributed by atoms with Crippen LogP contribution in [0.5, 0.6) is 0 Å². The van der Waals surface area contributed by atoms with E-state index < -0.39 is 11.8 Å². The van der Waals surface area contributed by atoms with Crippen molar-refractivity contribution in [2.45, 2.75) is 26.7 Å². The minimum Gasteiger partial charge on any atom is -0.481 e. The monoisotopic (exact) mass is 219 g/mol. The van der Waals surface area contributed by atoms with E-state index in [2.05, 4.69) is 18.8 Å². The second kappa shape index (κ2) is 18.6. The molecule has 0 spiro atoms. The highest BCUT2D eigenvalue weighted by Crippen LogP contribution is 1.94. The molecule has 90 valence electrons. The van der Waals surface area contributed by atoms with Gasteiger partial charge in [-0.2, -0.15) is 0 Å². The molecule has 0 bridgehead atoms. The van der Waals surface area contributed by atoms with E-state index in [0.29, 0.717) is 0 Å². The molecule has 0 saturated carbocycles. The van der Waals surface area contributed by atoms with Crippen molar-refractivity contribution in [3.63, 3.8) is 0 Å². The third kappa shape index (κ3) is 64.4. The Kier molecular flexibility index (Phi) is 24.1. The standard InChI is InChI=1S/C5H7FO2.C4H8.C2H7N/c1-4(6)2-3-5(7)8;1-3-4-2;1-3-2/h2H,3H2,1H3,(H,7,8);3H,1,4H2,2H3;3H,1-2H3/b4-2-;;. The molecule has 0 aliphatic rings. The molecule has 0 amide bonds. The molecule has 0 aromatic rings. The maximum Gasteiger partial charge on any atom is 0.307 e. The Morgan fingerprint density at radius 1 is 1.53 bits per heavy atom. The summed E-state index contributed by atoms with van der Waals surface area (Å²) in [5, 5.41) is 10.7. The number of carbonyl (C=O) groups is 1. The molecule has 4 heteroatoms. The summed E-state index contributed by atoms with van der Waals surface area (Å²) in [5.41, 5.74) is 0. The van der Waals surface area contributed by atoms with Crippen LogP contribution in [0.1, 0.15) is 26.7 Å². The van der Waals surface area contributed by atoms with Crippen LogP contribution in [0.25, 0.3) is 0 Å². The third-order valence-corrected chi connectivity index (χ3v) is 0.847. The van der Waals surface area contributed by atoms with Crippen molar-refractivity contribution in [3.05, 3.63) is 24.6 Å². The lowest BCUT2D eigenvalue weighted by molar-refractivity contribution is -0.136. The molecule has 0 aromatic carbocycles. The number of hydrogen-bond acceptors (Lipinski definition) is 2. The topological polar surface area (TPSA) is 49.3 Å². The number of carboxylic acid groups (broad SMARTS) is 1. The van der Waals surface area contributed by atoms with E-state index in [-0.39, 0.29) is 6.42 Å². The number of rotatable bonds is 3. The van der Waals surface area contributed by atoms with Gasteiger partial charge in [-0.25, -0.2) is 4.39 Å². The lowest BCUT2D eigenvalue weighted by Gasteiger charge is -1.81. The third-order valence-electron chi connectivity index (χ3n) is 0.847. The van der Waals surface area contributed by atoms with Crippen molar-refractivity contribution in [1.82, 2.24) is 5.32 Å². The summed E-state index contributed by atoms with van der Waals surface area (Å²) in [7, 11) is 3.75. The second-order valence-electron chi connectivity index (χ2n) is 2.59. The van der Waals surface area contributed by atoms with E-state index in [4.69, 9.17) is 5.11 Å². The Morgan fingerprint density at radius 3 is 1.93 bits per heavy atom. The van der Waals surface area contributed by atoms with Crippen LogP contribution in [0.4, 0.5) is 4.39 Å². The Labute approximate surface area is 91.7 Å². The molecule has 0 aliphatic heterocycles. The highest BCUT2D eigenvalue weighted by atomic mass is 19.1. The van der Waals surface area contributed by atoms with E-state index >= 15 is 0 Å². The van der Waals surface area contributed by atoms with E-state index in [1.807, 2.05) is 20.2 Å². The number of carboxylic acids is 1. The maximum absolute atomic E-state index is 11.7. The number of nitrogens with one attached hydrogen (secondary N) is 1. The molecule has 3 nitrogen and oxygen atoms in total. The summed E-state index contributed by atoms with van der Waals surface area (Å²) >= 11 is 0. The van der Waals surface area contributed by atoms with Crippen molar-refractivity contribution >= 4 is 5.97 Å². The van der Waals surface area contributed by atoms with Crippen LogP contribution in [0.15, 0.2) is 24.6 Å². The van der Waals surface area contributed by atoms with Gasteiger partial charge in [0.25, 0.3) is 0 Å². The van der Waals surface area contributed by atoms with E-state index in [9.17, 15) is 9.18 Å². The van der Waals surface area contributed by atoms with Gasteiger partial charge in [-0.1, -0.05) is 13.0 Å². The molecule has 0 aromatic heterocycles. The van der Waals surface area contributed by atoms with Gasteiger partial charge in [0.2, 0.25) is 0 Å². The smallest absolute Gasteiger partial charge is 0.307 e. The fraction of sp³-hybridized carbons (Fsp3) is 0.545. The summed E-state index contributed by atoms with van der Waals surface area (Å²) in [6, 6.07) is 0. The summed E-state index contributed by atoms with van der Waals surface area (Å²) in [6.45, 7) is 6.75. The van der Waals surface area contributed by atoms with Crippen LogP contribution in [0, 0.1) is 0 Å². The Balaban J connectivity index is -0.000000173. The normalized spacial score (nSPS) is 9.00. The van der Waals surface area contributed by atoms with Gasteiger partial charge >= 0.3 is 5.97 Å². The molecule has 0 fully saturated rings. The first-order chi connectivity index (χ1) is 6.95. The van der Waals surface area contributed by atoms with Gasteiger partial charge in [-0.15, -0.1) is 6.58 Å². The minimum absolute atomic E-state index is 0.234. The average Bonchev–Trinajstić information content (AvgIpc) is 2.16. The zero-order valence-corrected chi connectivity index (χ0v) is 10.0. The molecule has 0 saturated heterocycles. The van der Waals surface area contributed by atoms with E-state index in [1.54, 1.807) is 0 Å². The number of aliphatic carboxylic acids is 1. The molecule has 2 N–H and O–H groups in total. The Morgan fingerprint density at radius 2 is 1.87 bits per heavy atom. The highest BCUT2D eigenvalue weighted by Gasteiger charge is 1.90. The lowest BCUT2D eigenvalue weighted by atomic mass is 10.4. The van der Waals surface area contributed by atoms with Crippen molar-refractivity contribution in [2.24, 2.45) is 0 Å². The maximum atomic E-state index is 11.7. The molecule has 0 heterocycles. The van der Waals surface area contributed by atoms with Crippen molar-refractivity contribution < 1.29 is 14.3 Å². The highest BCUT2D eigenvalue weighted by molar-refractivity contribution is 5.68. The second-order valence-corrected chi connectivity index (χ2v) is 2.59. The minimum atomic E-state index is -1.01. The molecule has 15 heavy (non-hydrogen) atoms. The van der Waals surface area contributed by atoms with Crippen LogP contribution < -0.4 is 5.32 Å². The van der Waals surface area contributed by atoms with Crippen LogP contribution in [0.3, 0.4) is 0 Å². The van der Waals surface area contributed by atoms with E-state index in [0.717, 1.165) is 12.5 Å². The molecular weight excluding hydrogens is 197 g/mol. The average molecular weight is 219 g/mol. The SMILES string of the molecule is C/C(F)=C/CC(=O)O.C=CCC.CNC. The Bertz CT molecular complexity index is 175. The number of hydrogen-bond donors (Lipinski definition) is 2. The molecular formula is C11H22FNO2. The van der Waals surface area contributed by atoms with Crippen LogP contribution in [0.2, 0.25) is 0 Å². The van der Waals surface area contributed by atoms with Crippen molar-refractivity contribution in [1.29, 1.82) is 0 Å². The van der Waals surface area contributed by atoms with Gasteiger partial charge in [0.15, 0.2) is 0 Å². The van der Waals surface area contributed by atoms with Gasteiger partial charge in [0, 0.05) is 0 Å². The van der Waals surface area contributed by atoms with Gasteiger partial charge < -0.3 is 10.4 Å². The molecule has 0 rings (SSSR count). The van der Waals surface area contributed by atoms with E-state index in [1.165, 1.54) is 6.92 Å². The van der Waals surface area contributed by atoms with Crippen LogP contribution in [-0.4, -0.2) is 25.2 Å². The zero-order valence-electron chi connectivity index (χ0n) is 10.0. The fourth-order valence-corrected chi connectivity index (χ4v) is 0.228. The van der Waals surface area contributed by atoms with Crippen molar-refractivity contribution in [3.8, 4) is 0 Å². The Hall–Kier alpha value is -1.16. The number of allylic oxidation sites excluding steroid dienone is 2. The van der Waals surface area contributed by atoms with Gasteiger partial charge in [0.1, 0.15) is 0 Å². The fourth-order valence-electron chi connectivity index (χ4n) is 0.228. The predicted molar refractivity (Wildman–Crippen MR) is 62.6 cm³/mol. The summed E-state index contributed by atoms with van der Waals surface area (Å²) in [6.07, 6.45) is 3.74. The largest absolute Gasteiger partial charge is 0.481 e. The molecule has 0 atom stereocenters. The van der Waals surface area contributed by atoms with Gasteiger partial charge in [-0.3, -0.25) is 4.79 Å². The van der Waals surface area contributed by atoms with Gasteiger partial charge in [0.05, 0.1) is 12.2 Å². The first-order valence-electron chi connectivity index (χ1n) is 4.69. The van der Waals surface area contributed by atoms with Gasteiger partial charge in [-0.05, 0) is 33.5 Å². The van der Waals surface area contributed by atoms with Crippen molar-refractivity contribution in [2.75, 3.05) is 14.1 Å². The number of halogens is 1. The summed E-state index contributed by atoms with van der Waals surface area (Å²) in [4.78, 5) is 9.69. The van der Waals surface area contributed by atoms with Crippen LogP contribution in [-0.2, 0) is 4.79 Å².